The Balaban J connectivity index is 2.62. The number of ketones is 1. The number of carbonyl (C=O) groups excluding carboxylic acids is 1. The van der Waals surface area contributed by atoms with Gasteiger partial charge in [0.05, 0.1) is 0 Å². The fraction of sp³-hybridized carbons (Fsp3) is 0.588. The van der Waals surface area contributed by atoms with E-state index >= 15 is 0 Å². The molecule has 0 N–H and O–H groups in total. The van der Waals surface area contributed by atoms with Gasteiger partial charge in [0.1, 0.15) is 0 Å². The molecule has 0 aliphatic heterocycles. The van der Waals surface area contributed by atoms with Gasteiger partial charge in [-0.25, -0.2) is 0 Å². The molecule has 0 bridgehead atoms. The Bertz CT molecular complexity index is 373. The predicted molar refractivity (Wildman–Crippen MR) is 86.4 cm³/mol. The van der Waals surface area contributed by atoms with Crippen LogP contribution in [0.1, 0.15) is 39.7 Å². The third-order valence-corrected chi connectivity index (χ3v) is 18.4. The molecular formula is C17H28GeO. The minimum absolute atomic E-state index is 0.365. The van der Waals surface area contributed by atoms with Gasteiger partial charge in [-0.15, -0.1) is 0 Å². The predicted octanol–water partition coefficient (Wildman–Crippen LogP) is 5.09. The van der Waals surface area contributed by atoms with Crippen LogP contribution in [0, 0.1) is 0 Å². The van der Waals surface area contributed by atoms with Crippen molar-refractivity contribution >= 4 is 19.0 Å². The van der Waals surface area contributed by atoms with Crippen LogP contribution in [0.5, 0.6) is 0 Å². The van der Waals surface area contributed by atoms with E-state index in [0.29, 0.717) is 10.5 Å². The Hall–Kier alpha value is -0.567. The summed E-state index contributed by atoms with van der Waals surface area (Å²) in [5.41, 5.74) is 1.28. The third-order valence-electron chi connectivity index (χ3n) is 5.02. The van der Waals surface area contributed by atoms with Crippen molar-refractivity contribution in [3.05, 3.63) is 35.9 Å². The van der Waals surface area contributed by atoms with Crippen LogP contribution in [0.15, 0.2) is 30.3 Å². The Labute approximate surface area is 121 Å². The standard InChI is InChI=1S/C17H28GeO/c1-5-18(6-2,7-3)15(4)17(19)14-13-16-11-9-8-10-12-16/h8-12,15H,5-7,13-14H2,1-4H3. The number of rotatable bonds is 8. The fourth-order valence-electron chi connectivity index (χ4n) is 3.14. The van der Waals surface area contributed by atoms with Gasteiger partial charge in [0, 0.05) is 0 Å². The molecule has 2 heteroatoms. The molecule has 0 aliphatic carbocycles. The van der Waals surface area contributed by atoms with Gasteiger partial charge in [0.15, 0.2) is 0 Å². The minimum atomic E-state index is -1.92. The summed E-state index contributed by atoms with van der Waals surface area (Å²) < 4.78 is 0.365. The second kappa shape index (κ2) is 7.89. The molecule has 1 aromatic rings. The Morgan fingerprint density at radius 3 is 2.05 bits per heavy atom. The van der Waals surface area contributed by atoms with Crippen LogP contribution in [-0.2, 0) is 11.2 Å². The second-order valence-corrected chi connectivity index (χ2v) is 17.6. The van der Waals surface area contributed by atoms with Gasteiger partial charge >= 0.3 is 121 Å². The summed E-state index contributed by atoms with van der Waals surface area (Å²) in [5.74, 6) is 0.509. The van der Waals surface area contributed by atoms with Gasteiger partial charge in [-0.3, -0.25) is 0 Å². The summed E-state index contributed by atoms with van der Waals surface area (Å²) in [4.78, 5) is 12.5. The van der Waals surface area contributed by atoms with E-state index in [2.05, 4.69) is 52.0 Å². The van der Waals surface area contributed by atoms with Crippen molar-refractivity contribution in [2.24, 2.45) is 0 Å². The molecule has 19 heavy (non-hydrogen) atoms. The van der Waals surface area contributed by atoms with Crippen LogP contribution in [0.4, 0.5) is 0 Å². The zero-order chi connectivity index (χ0) is 14.3. The van der Waals surface area contributed by atoms with Crippen molar-refractivity contribution in [1.29, 1.82) is 0 Å². The van der Waals surface area contributed by atoms with Gasteiger partial charge in [0.25, 0.3) is 0 Å². The summed E-state index contributed by atoms with van der Waals surface area (Å²) in [6, 6.07) is 10.4. The normalized spacial score (nSPS) is 13.3. The molecule has 0 saturated heterocycles. The molecule has 0 fully saturated rings. The van der Waals surface area contributed by atoms with E-state index in [4.69, 9.17) is 0 Å². The first-order valence-corrected chi connectivity index (χ1v) is 13.3. The SMILES string of the molecule is C[CH2][Ge]([CH2]C)([CH2]C)[CH](C)C(=O)CCc1ccccc1. The van der Waals surface area contributed by atoms with Crippen LogP contribution in [0.3, 0.4) is 0 Å². The zero-order valence-electron chi connectivity index (χ0n) is 12.9. The van der Waals surface area contributed by atoms with Gasteiger partial charge in [-0.05, 0) is 0 Å². The number of hydrogen-bond donors (Lipinski definition) is 0. The Morgan fingerprint density at radius 1 is 1.05 bits per heavy atom. The van der Waals surface area contributed by atoms with Gasteiger partial charge in [0.2, 0.25) is 0 Å². The van der Waals surface area contributed by atoms with E-state index in [-0.39, 0.29) is 0 Å². The quantitative estimate of drug-likeness (QED) is 0.610. The van der Waals surface area contributed by atoms with Crippen molar-refractivity contribution in [3.8, 4) is 0 Å². The monoisotopic (exact) mass is 322 g/mol. The molecule has 0 heterocycles. The molecule has 0 aliphatic rings. The molecule has 1 aromatic carbocycles. The molecule has 0 aromatic heterocycles. The van der Waals surface area contributed by atoms with Crippen LogP contribution in [0.2, 0.25) is 20.5 Å². The fourth-order valence-corrected chi connectivity index (χ4v) is 11.9. The van der Waals surface area contributed by atoms with Crippen LogP contribution in [-0.4, -0.2) is 19.0 Å². The molecule has 0 spiro atoms. The maximum atomic E-state index is 12.5. The first-order valence-electron chi connectivity index (χ1n) is 7.66. The third kappa shape index (κ3) is 4.20. The van der Waals surface area contributed by atoms with E-state index < -0.39 is 13.3 Å². The van der Waals surface area contributed by atoms with Crippen LogP contribution < -0.4 is 0 Å². The molecule has 1 rings (SSSR count). The summed E-state index contributed by atoms with van der Waals surface area (Å²) in [6.45, 7) is 9.11. The van der Waals surface area contributed by atoms with Crippen LogP contribution >= 0.6 is 0 Å². The number of Topliss-reactive ketones (excluding diaryl/α,β-unsaturated/α-hetero) is 1. The molecule has 1 atom stereocenters. The molecule has 0 saturated carbocycles. The van der Waals surface area contributed by atoms with Crippen molar-refractivity contribution in [2.45, 2.75) is 61.0 Å². The van der Waals surface area contributed by atoms with Crippen molar-refractivity contribution in [1.82, 2.24) is 0 Å². The zero-order valence-corrected chi connectivity index (χ0v) is 15.0. The molecule has 0 amide bonds. The number of benzene rings is 1. The van der Waals surface area contributed by atoms with Gasteiger partial charge < -0.3 is 0 Å². The van der Waals surface area contributed by atoms with Crippen molar-refractivity contribution in [2.75, 3.05) is 0 Å². The van der Waals surface area contributed by atoms with E-state index in [1.165, 1.54) is 21.3 Å². The first-order chi connectivity index (χ1) is 9.09. The van der Waals surface area contributed by atoms with E-state index in [9.17, 15) is 4.79 Å². The average Bonchev–Trinajstić information content (AvgIpc) is 2.48. The van der Waals surface area contributed by atoms with Gasteiger partial charge in [-0.1, -0.05) is 0 Å². The average molecular weight is 321 g/mol. The Kier molecular flexibility index (Phi) is 6.84. The maximum absolute atomic E-state index is 12.5. The molecular weight excluding hydrogens is 293 g/mol. The van der Waals surface area contributed by atoms with Crippen LogP contribution in [0.25, 0.3) is 0 Å². The van der Waals surface area contributed by atoms with E-state index in [1.807, 2.05) is 6.07 Å². The first kappa shape index (κ1) is 16.5. The van der Waals surface area contributed by atoms with Crippen molar-refractivity contribution in [3.63, 3.8) is 0 Å². The second-order valence-electron chi connectivity index (χ2n) is 5.60. The summed E-state index contributed by atoms with van der Waals surface area (Å²) >= 11 is -1.92. The number of carbonyl (C=O) groups is 1. The molecule has 1 nitrogen and oxygen atoms in total. The molecule has 1 unspecified atom stereocenters. The summed E-state index contributed by atoms with van der Waals surface area (Å²) in [5, 5.41) is 3.85. The molecule has 0 radical (unpaired) electrons. The van der Waals surface area contributed by atoms with Gasteiger partial charge in [-0.2, -0.15) is 0 Å². The molecule has 106 valence electrons. The van der Waals surface area contributed by atoms with E-state index in [0.717, 1.165) is 12.8 Å². The van der Waals surface area contributed by atoms with E-state index in [1.54, 1.807) is 0 Å². The number of hydrogen-bond acceptors (Lipinski definition) is 1. The summed E-state index contributed by atoms with van der Waals surface area (Å²) in [7, 11) is 0. The Morgan fingerprint density at radius 2 is 1.58 bits per heavy atom. The van der Waals surface area contributed by atoms with Crippen molar-refractivity contribution < 1.29 is 4.79 Å². The topological polar surface area (TPSA) is 17.1 Å². The summed E-state index contributed by atoms with van der Waals surface area (Å²) in [6.07, 6.45) is 1.62. The number of aryl methyl sites for hydroxylation is 1.